The summed E-state index contributed by atoms with van der Waals surface area (Å²) in [6, 6.07) is -0.396. The van der Waals surface area contributed by atoms with E-state index in [1.807, 2.05) is 4.90 Å². The first-order valence-electron chi connectivity index (χ1n) is 8.15. The van der Waals surface area contributed by atoms with E-state index in [1.165, 1.54) is 4.90 Å². The van der Waals surface area contributed by atoms with Gasteiger partial charge in [-0.05, 0) is 18.8 Å². The summed E-state index contributed by atoms with van der Waals surface area (Å²) >= 11 is 0. The Morgan fingerprint density at radius 1 is 1.30 bits per heavy atom. The highest BCUT2D eigenvalue weighted by atomic mass is 16.5. The van der Waals surface area contributed by atoms with Crippen molar-refractivity contribution >= 4 is 17.8 Å². The third-order valence-electron chi connectivity index (χ3n) is 4.29. The Morgan fingerprint density at radius 3 is 2.70 bits per heavy atom. The molecule has 0 atom stereocenters. The molecule has 2 saturated heterocycles. The van der Waals surface area contributed by atoms with Gasteiger partial charge in [-0.3, -0.25) is 14.9 Å². The summed E-state index contributed by atoms with van der Waals surface area (Å²) in [5, 5.41) is 2.27. The van der Waals surface area contributed by atoms with Crippen molar-refractivity contribution in [2.45, 2.75) is 25.7 Å². The zero-order valence-corrected chi connectivity index (χ0v) is 13.5. The maximum atomic E-state index is 12.2. The van der Waals surface area contributed by atoms with Crippen LogP contribution in [0, 0.1) is 5.92 Å². The molecule has 0 aromatic heterocycles. The first-order chi connectivity index (χ1) is 11.1. The second kappa shape index (κ2) is 8.67. The number of imide groups is 1. The molecule has 0 unspecified atom stereocenters. The molecule has 0 radical (unpaired) electrons. The van der Waals surface area contributed by atoms with Gasteiger partial charge in [-0.1, -0.05) is 6.08 Å². The third-order valence-corrected chi connectivity index (χ3v) is 4.29. The van der Waals surface area contributed by atoms with Gasteiger partial charge < -0.3 is 14.5 Å². The Kier molecular flexibility index (Phi) is 6.58. The van der Waals surface area contributed by atoms with Gasteiger partial charge in [-0.15, -0.1) is 6.58 Å². The summed E-state index contributed by atoms with van der Waals surface area (Å²) in [6.45, 7) is 7.14. The average Bonchev–Trinajstić information content (AvgIpc) is 2.55. The SMILES string of the molecule is C=CCOCC1CCN(C(=O)CCN2CCC(=O)NC2=O)CC1. The van der Waals surface area contributed by atoms with E-state index < -0.39 is 6.03 Å². The Morgan fingerprint density at radius 2 is 2.04 bits per heavy atom. The van der Waals surface area contributed by atoms with Crippen LogP contribution in [-0.4, -0.2) is 67.0 Å². The maximum Gasteiger partial charge on any atom is 0.324 e. The van der Waals surface area contributed by atoms with Crippen molar-refractivity contribution in [3.05, 3.63) is 12.7 Å². The number of nitrogens with zero attached hydrogens (tertiary/aromatic N) is 2. The molecular formula is C16H25N3O4. The van der Waals surface area contributed by atoms with E-state index in [9.17, 15) is 14.4 Å². The number of carbonyl (C=O) groups excluding carboxylic acids is 3. The molecule has 128 valence electrons. The molecule has 2 aliphatic rings. The minimum absolute atomic E-state index is 0.0696. The van der Waals surface area contributed by atoms with Crippen LogP contribution in [0.2, 0.25) is 0 Å². The van der Waals surface area contributed by atoms with Gasteiger partial charge >= 0.3 is 6.03 Å². The molecule has 7 heteroatoms. The standard InChI is InChI=1S/C16H25N3O4/c1-2-11-23-12-13-3-7-18(8-4-13)15(21)6-10-19-9-5-14(20)17-16(19)22/h2,13H,1,3-12H2,(H,17,20,22). The molecule has 7 nitrogen and oxygen atoms in total. The Bertz CT molecular complexity index is 458. The lowest BCUT2D eigenvalue weighted by molar-refractivity contribution is -0.133. The highest BCUT2D eigenvalue weighted by molar-refractivity contribution is 5.96. The normalized spacial score (nSPS) is 19.7. The Labute approximate surface area is 136 Å². The monoisotopic (exact) mass is 323 g/mol. The van der Waals surface area contributed by atoms with E-state index in [1.54, 1.807) is 6.08 Å². The maximum absolute atomic E-state index is 12.2. The van der Waals surface area contributed by atoms with Crippen LogP contribution in [0.1, 0.15) is 25.7 Å². The first-order valence-corrected chi connectivity index (χ1v) is 8.15. The summed E-state index contributed by atoms with van der Waals surface area (Å²) in [4.78, 5) is 38.3. The van der Waals surface area contributed by atoms with Crippen LogP contribution < -0.4 is 5.32 Å². The Balaban J connectivity index is 1.66. The molecule has 1 N–H and O–H groups in total. The van der Waals surface area contributed by atoms with Crippen molar-refractivity contribution in [3.8, 4) is 0 Å². The lowest BCUT2D eigenvalue weighted by Gasteiger charge is -2.33. The number of carbonyl (C=O) groups is 3. The number of amides is 4. The molecule has 0 aliphatic carbocycles. The molecule has 2 aliphatic heterocycles. The summed E-state index contributed by atoms with van der Waals surface area (Å²) in [7, 11) is 0. The minimum atomic E-state index is -0.396. The van der Waals surface area contributed by atoms with Crippen LogP contribution in [0.15, 0.2) is 12.7 Å². The van der Waals surface area contributed by atoms with E-state index in [-0.39, 0.29) is 11.8 Å². The van der Waals surface area contributed by atoms with Gasteiger partial charge in [0.2, 0.25) is 11.8 Å². The predicted octanol–water partition coefficient (Wildman–Crippen LogP) is 0.760. The number of piperidine rings is 1. The quantitative estimate of drug-likeness (QED) is 0.554. The van der Waals surface area contributed by atoms with E-state index >= 15 is 0 Å². The van der Waals surface area contributed by atoms with E-state index in [0.717, 1.165) is 32.5 Å². The fourth-order valence-corrected chi connectivity index (χ4v) is 2.87. The van der Waals surface area contributed by atoms with Crippen LogP contribution in [0.25, 0.3) is 0 Å². The van der Waals surface area contributed by atoms with Crippen molar-refractivity contribution in [1.29, 1.82) is 0 Å². The Hall–Kier alpha value is -1.89. The summed E-state index contributed by atoms with van der Waals surface area (Å²) < 4.78 is 5.47. The number of rotatable bonds is 7. The van der Waals surface area contributed by atoms with Crippen molar-refractivity contribution in [2.24, 2.45) is 5.92 Å². The van der Waals surface area contributed by atoms with Gasteiger partial charge in [-0.2, -0.15) is 0 Å². The van der Waals surface area contributed by atoms with E-state index in [4.69, 9.17) is 4.74 Å². The van der Waals surface area contributed by atoms with Crippen LogP contribution >= 0.6 is 0 Å². The number of likely N-dealkylation sites (tertiary alicyclic amines) is 1. The first kappa shape index (κ1) is 17.5. The molecule has 2 rings (SSSR count). The highest BCUT2D eigenvalue weighted by Gasteiger charge is 2.26. The van der Waals surface area contributed by atoms with Gasteiger partial charge in [-0.25, -0.2) is 4.79 Å². The fourth-order valence-electron chi connectivity index (χ4n) is 2.87. The molecular weight excluding hydrogens is 298 g/mol. The molecule has 4 amide bonds. The molecule has 0 bridgehead atoms. The number of hydrogen-bond donors (Lipinski definition) is 1. The van der Waals surface area contributed by atoms with Gasteiger partial charge in [0.1, 0.15) is 0 Å². The zero-order chi connectivity index (χ0) is 16.7. The molecule has 2 heterocycles. The van der Waals surface area contributed by atoms with Crippen molar-refractivity contribution in [2.75, 3.05) is 39.4 Å². The second-order valence-corrected chi connectivity index (χ2v) is 5.99. The number of ether oxygens (including phenoxy) is 1. The second-order valence-electron chi connectivity index (χ2n) is 5.99. The van der Waals surface area contributed by atoms with Crippen molar-refractivity contribution < 1.29 is 19.1 Å². The molecule has 0 saturated carbocycles. The molecule has 0 aromatic carbocycles. The van der Waals surface area contributed by atoms with Crippen molar-refractivity contribution in [1.82, 2.24) is 15.1 Å². The van der Waals surface area contributed by atoms with Crippen LogP contribution in [-0.2, 0) is 14.3 Å². The van der Waals surface area contributed by atoms with Crippen LogP contribution in [0.4, 0.5) is 4.79 Å². The molecule has 0 spiro atoms. The fraction of sp³-hybridized carbons (Fsp3) is 0.688. The third kappa shape index (κ3) is 5.35. The zero-order valence-electron chi connectivity index (χ0n) is 13.5. The van der Waals surface area contributed by atoms with Gasteiger partial charge in [0, 0.05) is 45.6 Å². The highest BCUT2D eigenvalue weighted by Crippen LogP contribution is 2.18. The van der Waals surface area contributed by atoms with E-state index in [2.05, 4.69) is 11.9 Å². The lowest BCUT2D eigenvalue weighted by Crippen LogP contribution is -2.50. The van der Waals surface area contributed by atoms with Gasteiger partial charge in [0.25, 0.3) is 0 Å². The average molecular weight is 323 g/mol. The van der Waals surface area contributed by atoms with Crippen LogP contribution in [0.5, 0.6) is 0 Å². The summed E-state index contributed by atoms with van der Waals surface area (Å²) in [5.41, 5.74) is 0. The van der Waals surface area contributed by atoms with Crippen LogP contribution in [0.3, 0.4) is 0 Å². The van der Waals surface area contributed by atoms with Crippen molar-refractivity contribution in [3.63, 3.8) is 0 Å². The molecule has 0 aromatic rings. The smallest absolute Gasteiger partial charge is 0.324 e. The summed E-state index contributed by atoms with van der Waals surface area (Å²) in [6.07, 6.45) is 4.24. The predicted molar refractivity (Wildman–Crippen MR) is 84.7 cm³/mol. The minimum Gasteiger partial charge on any atom is -0.377 e. The lowest BCUT2D eigenvalue weighted by atomic mass is 9.97. The molecule has 23 heavy (non-hydrogen) atoms. The number of hydrogen-bond acceptors (Lipinski definition) is 4. The largest absolute Gasteiger partial charge is 0.377 e. The topological polar surface area (TPSA) is 79.0 Å². The number of urea groups is 1. The summed E-state index contributed by atoms with van der Waals surface area (Å²) in [5.74, 6) is 0.316. The van der Waals surface area contributed by atoms with E-state index in [0.29, 0.717) is 38.5 Å². The van der Waals surface area contributed by atoms with Gasteiger partial charge in [0.05, 0.1) is 6.61 Å². The number of nitrogens with one attached hydrogen (secondary N) is 1. The van der Waals surface area contributed by atoms with Gasteiger partial charge in [0.15, 0.2) is 0 Å². The molecule has 2 fully saturated rings.